The number of thiazole rings is 1. The quantitative estimate of drug-likeness (QED) is 0.856. The van der Waals surface area contributed by atoms with E-state index in [0.717, 1.165) is 17.2 Å². The van der Waals surface area contributed by atoms with Crippen LogP contribution < -0.4 is 10.6 Å². The van der Waals surface area contributed by atoms with Crippen LogP contribution in [0.25, 0.3) is 0 Å². The van der Waals surface area contributed by atoms with E-state index in [9.17, 15) is 0 Å². The average molecular weight is 227 g/mol. The van der Waals surface area contributed by atoms with E-state index in [0.29, 0.717) is 6.54 Å². The second-order valence-corrected chi connectivity index (χ2v) is 6.01. The number of nitrogens with two attached hydrogens (primary N) is 1. The summed E-state index contributed by atoms with van der Waals surface area (Å²) in [6.45, 7) is 7.18. The summed E-state index contributed by atoms with van der Waals surface area (Å²) >= 11 is 1.77. The van der Waals surface area contributed by atoms with Gasteiger partial charge in [0.15, 0.2) is 5.13 Å². The number of hydrogen-bond acceptors (Lipinski definition) is 4. The van der Waals surface area contributed by atoms with Crippen LogP contribution >= 0.6 is 11.3 Å². The van der Waals surface area contributed by atoms with Gasteiger partial charge in [0.25, 0.3) is 0 Å². The molecule has 1 heterocycles. The number of anilines is 1. The van der Waals surface area contributed by atoms with E-state index in [1.54, 1.807) is 11.3 Å². The lowest BCUT2D eigenvalue weighted by molar-refractivity contribution is 0.379. The fraction of sp³-hybridized carbons (Fsp3) is 0.727. The summed E-state index contributed by atoms with van der Waals surface area (Å²) in [7, 11) is 4.05. The molecule has 1 aromatic heterocycles. The van der Waals surface area contributed by atoms with Crippen molar-refractivity contribution in [1.82, 2.24) is 4.98 Å². The molecule has 15 heavy (non-hydrogen) atoms. The lowest BCUT2D eigenvalue weighted by Gasteiger charge is -2.21. The largest absolute Gasteiger partial charge is 0.354 e. The Bertz CT molecular complexity index is 329. The molecule has 0 saturated carbocycles. The molecule has 86 valence electrons. The Kier molecular flexibility index (Phi) is 3.73. The highest BCUT2D eigenvalue weighted by Gasteiger charge is 2.20. The molecule has 0 aromatic carbocycles. The molecular weight excluding hydrogens is 206 g/mol. The number of nitrogens with zero attached hydrogens (tertiary/aromatic N) is 2. The average Bonchev–Trinajstić information content (AvgIpc) is 2.47. The van der Waals surface area contributed by atoms with Crippen LogP contribution in [0.2, 0.25) is 0 Å². The monoisotopic (exact) mass is 227 g/mol. The third kappa shape index (κ3) is 3.18. The van der Waals surface area contributed by atoms with E-state index in [4.69, 9.17) is 5.73 Å². The van der Waals surface area contributed by atoms with Crippen LogP contribution in [0.4, 0.5) is 5.13 Å². The van der Waals surface area contributed by atoms with Gasteiger partial charge in [-0.15, -0.1) is 11.3 Å². The number of hydrogen-bond donors (Lipinski definition) is 1. The maximum atomic E-state index is 5.74. The Morgan fingerprint density at radius 1 is 1.40 bits per heavy atom. The van der Waals surface area contributed by atoms with Gasteiger partial charge >= 0.3 is 0 Å². The Morgan fingerprint density at radius 3 is 2.40 bits per heavy atom. The maximum Gasteiger partial charge on any atom is 0.185 e. The van der Waals surface area contributed by atoms with E-state index >= 15 is 0 Å². The van der Waals surface area contributed by atoms with Gasteiger partial charge in [-0.05, 0) is 25.3 Å². The molecule has 0 amide bonds. The van der Waals surface area contributed by atoms with Crippen molar-refractivity contribution in [2.75, 3.05) is 25.5 Å². The van der Waals surface area contributed by atoms with Gasteiger partial charge in [0.05, 0.1) is 5.69 Å². The van der Waals surface area contributed by atoms with Gasteiger partial charge in [-0.2, -0.15) is 0 Å². The molecule has 0 bridgehead atoms. The van der Waals surface area contributed by atoms with Crippen molar-refractivity contribution in [2.24, 2.45) is 11.1 Å². The number of rotatable bonds is 4. The molecule has 1 rings (SSSR count). The molecule has 0 aliphatic rings. The Hall–Kier alpha value is -0.610. The molecule has 0 spiro atoms. The smallest absolute Gasteiger partial charge is 0.185 e. The Morgan fingerprint density at radius 2 is 2.00 bits per heavy atom. The first-order chi connectivity index (χ1) is 6.85. The molecule has 2 N–H and O–H groups in total. The first-order valence-corrected chi connectivity index (χ1v) is 6.01. The third-order valence-electron chi connectivity index (χ3n) is 2.46. The highest BCUT2D eigenvalue weighted by atomic mass is 32.1. The second-order valence-electron chi connectivity index (χ2n) is 4.94. The van der Waals surface area contributed by atoms with Gasteiger partial charge in [0.2, 0.25) is 0 Å². The summed E-state index contributed by atoms with van der Waals surface area (Å²) in [6, 6.07) is 0. The van der Waals surface area contributed by atoms with Crippen LogP contribution in [-0.4, -0.2) is 25.6 Å². The number of aryl methyl sites for hydroxylation is 1. The lowest BCUT2D eigenvalue weighted by atomic mass is 9.88. The summed E-state index contributed by atoms with van der Waals surface area (Å²) in [4.78, 5) is 7.94. The lowest BCUT2D eigenvalue weighted by Crippen LogP contribution is -2.25. The molecule has 0 aliphatic carbocycles. The summed E-state index contributed by atoms with van der Waals surface area (Å²) in [5.41, 5.74) is 7.06. The Labute approximate surface area is 96.3 Å². The van der Waals surface area contributed by atoms with Crippen molar-refractivity contribution in [3.63, 3.8) is 0 Å². The van der Waals surface area contributed by atoms with Crippen LogP contribution in [0.1, 0.15) is 24.4 Å². The Balaban J connectivity index is 2.86. The minimum atomic E-state index is 0.168. The molecule has 0 radical (unpaired) electrons. The first-order valence-electron chi connectivity index (χ1n) is 5.19. The van der Waals surface area contributed by atoms with Crippen molar-refractivity contribution >= 4 is 16.5 Å². The topological polar surface area (TPSA) is 42.2 Å². The molecule has 0 unspecified atom stereocenters. The zero-order valence-corrected chi connectivity index (χ0v) is 11.1. The van der Waals surface area contributed by atoms with E-state index in [1.807, 2.05) is 14.1 Å². The van der Waals surface area contributed by atoms with Gasteiger partial charge in [0.1, 0.15) is 0 Å². The van der Waals surface area contributed by atoms with E-state index in [2.05, 4.69) is 30.7 Å². The highest BCUT2D eigenvalue weighted by Crippen LogP contribution is 2.30. The van der Waals surface area contributed by atoms with E-state index in [-0.39, 0.29) is 5.41 Å². The summed E-state index contributed by atoms with van der Waals surface area (Å²) < 4.78 is 0. The molecule has 0 fully saturated rings. The van der Waals surface area contributed by atoms with Crippen molar-refractivity contribution in [2.45, 2.75) is 27.2 Å². The van der Waals surface area contributed by atoms with Crippen LogP contribution in [0, 0.1) is 12.3 Å². The first kappa shape index (κ1) is 12.5. The maximum absolute atomic E-state index is 5.74. The van der Waals surface area contributed by atoms with Crippen molar-refractivity contribution in [1.29, 1.82) is 0 Å². The van der Waals surface area contributed by atoms with Crippen molar-refractivity contribution in [3.8, 4) is 0 Å². The minimum Gasteiger partial charge on any atom is -0.354 e. The van der Waals surface area contributed by atoms with E-state index < -0.39 is 0 Å². The van der Waals surface area contributed by atoms with Gasteiger partial charge in [-0.1, -0.05) is 13.8 Å². The second kappa shape index (κ2) is 4.49. The van der Waals surface area contributed by atoms with Gasteiger partial charge < -0.3 is 10.6 Å². The fourth-order valence-corrected chi connectivity index (χ4v) is 2.52. The normalized spacial score (nSPS) is 11.9. The zero-order valence-electron chi connectivity index (χ0n) is 10.3. The SMILES string of the molecule is Cc1nc(N(C)C)sc1CC(C)(C)CN. The number of aromatic nitrogens is 1. The third-order valence-corrected chi connectivity index (χ3v) is 3.78. The van der Waals surface area contributed by atoms with Crippen LogP contribution in [0.3, 0.4) is 0 Å². The van der Waals surface area contributed by atoms with Gasteiger partial charge in [0, 0.05) is 19.0 Å². The van der Waals surface area contributed by atoms with Gasteiger partial charge in [-0.25, -0.2) is 4.98 Å². The molecular formula is C11H21N3S. The highest BCUT2D eigenvalue weighted by molar-refractivity contribution is 7.15. The van der Waals surface area contributed by atoms with Crippen molar-refractivity contribution in [3.05, 3.63) is 10.6 Å². The standard InChI is InChI=1S/C11H21N3S/c1-8-9(6-11(2,3)7-12)15-10(13-8)14(4)5/h6-7,12H2,1-5H3. The van der Waals surface area contributed by atoms with Crippen LogP contribution in [0.5, 0.6) is 0 Å². The molecule has 3 nitrogen and oxygen atoms in total. The summed E-state index contributed by atoms with van der Waals surface area (Å²) in [6.07, 6.45) is 1.01. The van der Waals surface area contributed by atoms with Crippen molar-refractivity contribution < 1.29 is 0 Å². The fourth-order valence-electron chi connectivity index (χ4n) is 1.27. The molecule has 4 heteroatoms. The summed E-state index contributed by atoms with van der Waals surface area (Å²) in [5.74, 6) is 0. The zero-order chi connectivity index (χ0) is 11.6. The predicted octanol–water partition coefficient (Wildman–Crippen LogP) is 2.04. The molecule has 0 aliphatic heterocycles. The van der Waals surface area contributed by atoms with Crippen LogP contribution in [0.15, 0.2) is 0 Å². The predicted molar refractivity (Wildman–Crippen MR) is 67.7 cm³/mol. The molecule has 0 saturated heterocycles. The molecule has 1 aromatic rings. The molecule has 0 atom stereocenters. The van der Waals surface area contributed by atoms with Gasteiger partial charge in [-0.3, -0.25) is 0 Å². The minimum absolute atomic E-state index is 0.168. The van der Waals surface area contributed by atoms with E-state index in [1.165, 1.54) is 4.88 Å². The van der Waals surface area contributed by atoms with Crippen LogP contribution in [-0.2, 0) is 6.42 Å². The summed E-state index contributed by atoms with van der Waals surface area (Å²) in [5, 5.41) is 1.08.